The molecule has 5 nitrogen and oxygen atoms in total. The molecule has 3 aliphatic rings. The average Bonchev–Trinajstić information content (AvgIpc) is 3.17. The molecule has 0 bridgehead atoms. The van der Waals surface area contributed by atoms with Crippen molar-refractivity contribution in [2.75, 3.05) is 13.2 Å². The third-order valence-electron chi connectivity index (χ3n) is 4.66. The SMILES string of the molecule is Cc1cccc(C#CC2=CC3(CCC4(CC3)OCCO4)ON2)n1. The van der Waals surface area contributed by atoms with E-state index in [1.807, 2.05) is 25.1 Å². The van der Waals surface area contributed by atoms with Crippen molar-refractivity contribution in [1.82, 2.24) is 10.5 Å². The van der Waals surface area contributed by atoms with Gasteiger partial charge in [0, 0.05) is 18.5 Å². The number of rotatable bonds is 0. The summed E-state index contributed by atoms with van der Waals surface area (Å²) >= 11 is 0. The van der Waals surface area contributed by atoms with Gasteiger partial charge >= 0.3 is 0 Å². The van der Waals surface area contributed by atoms with Crippen molar-refractivity contribution in [1.29, 1.82) is 0 Å². The number of allylic oxidation sites excluding steroid dienone is 1. The van der Waals surface area contributed by atoms with Gasteiger partial charge in [-0.15, -0.1) is 0 Å². The van der Waals surface area contributed by atoms with E-state index in [9.17, 15) is 0 Å². The standard InChI is InChI=1S/C18H20N2O3/c1-14-3-2-4-15(19-14)5-6-16-13-17(23-20-16)7-9-18(10-8-17)21-11-12-22-18/h2-4,13,20H,7-12H2,1H3. The van der Waals surface area contributed by atoms with E-state index in [1.54, 1.807) is 0 Å². The number of nitrogens with zero attached hydrogens (tertiary/aromatic N) is 1. The molecule has 4 rings (SSSR count). The van der Waals surface area contributed by atoms with Crippen molar-refractivity contribution in [2.45, 2.75) is 44.0 Å². The highest BCUT2D eigenvalue weighted by atomic mass is 16.7. The maximum absolute atomic E-state index is 5.83. The minimum atomic E-state index is -0.373. The average molecular weight is 312 g/mol. The number of aromatic nitrogens is 1. The molecule has 1 aromatic heterocycles. The number of nitrogens with one attached hydrogen (secondary N) is 1. The van der Waals surface area contributed by atoms with Crippen LogP contribution in [0.3, 0.4) is 0 Å². The fraction of sp³-hybridized carbons (Fsp3) is 0.500. The van der Waals surface area contributed by atoms with Crippen LogP contribution in [0, 0.1) is 18.8 Å². The van der Waals surface area contributed by atoms with Crippen LogP contribution in [0.1, 0.15) is 37.1 Å². The molecule has 2 spiro atoms. The van der Waals surface area contributed by atoms with Crippen LogP contribution in [0.15, 0.2) is 30.0 Å². The summed E-state index contributed by atoms with van der Waals surface area (Å²) in [5.74, 6) is 5.81. The highest BCUT2D eigenvalue weighted by molar-refractivity contribution is 5.39. The first-order valence-electron chi connectivity index (χ1n) is 8.08. The van der Waals surface area contributed by atoms with Crippen LogP contribution in [0.5, 0.6) is 0 Å². The van der Waals surface area contributed by atoms with E-state index in [4.69, 9.17) is 14.3 Å². The second-order valence-corrected chi connectivity index (χ2v) is 6.35. The predicted molar refractivity (Wildman–Crippen MR) is 84.0 cm³/mol. The Morgan fingerprint density at radius 2 is 1.87 bits per heavy atom. The second kappa shape index (κ2) is 5.64. The van der Waals surface area contributed by atoms with Gasteiger partial charge in [-0.05, 0) is 49.8 Å². The molecule has 1 saturated carbocycles. The van der Waals surface area contributed by atoms with Crippen molar-refractivity contribution in [3.8, 4) is 11.8 Å². The molecule has 23 heavy (non-hydrogen) atoms. The van der Waals surface area contributed by atoms with Crippen LogP contribution in [-0.4, -0.2) is 29.6 Å². The summed E-state index contributed by atoms with van der Waals surface area (Å²) in [5, 5.41) is 0. The first kappa shape index (κ1) is 14.7. The Kier molecular flexibility index (Phi) is 3.61. The Hall–Kier alpha value is -1.87. The topological polar surface area (TPSA) is 52.6 Å². The Balaban J connectivity index is 1.46. The van der Waals surface area contributed by atoms with Gasteiger partial charge < -0.3 is 9.47 Å². The maximum atomic E-state index is 5.83. The Morgan fingerprint density at radius 3 is 2.61 bits per heavy atom. The van der Waals surface area contributed by atoms with Crippen molar-refractivity contribution in [3.63, 3.8) is 0 Å². The Bertz CT molecular complexity index is 686. The maximum Gasteiger partial charge on any atom is 0.168 e. The van der Waals surface area contributed by atoms with Gasteiger partial charge in [0.05, 0.1) is 13.2 Å². The number of hydrogen-bond donors (Lipinski definition) is 1. The molecular weight excluding hydrogens is 292 g/mol. The summed E-state index contributed by atoms with van der Waals surface area (Å²) in [6, 6.07) is 5.83. The van der Waals surface area contributed by atoms with Crippen molar-refractivity contribution in [3.05, 3.63) is 41.4 Å². The molecule has 1 aromatic rings. The van der Waals surface area contributed by atoms with Gasteiger partial charge in [-0.25, -0.2) is 4.98 Å². The monoisotopic (exact) mass is 312 g/mol. The van der Waals surface area contributed by atoms with Gasteiger partial charge in [0.1, 0.15) is 17.0 Å². The number of hydrogen-bond acceptors (Lipinski definition) is 5. The summed E-state index contributed by atoms with van der Waals surface area (Å²) in [4.78, 5) is 10.2. The van der Waals surface area contributed by atoms with Crippen LogP contribution in [0.25, 0.3) is 0 Å². The molecule has 0 amide bonds. The first-order chi connectivity index (χ1) is 11.2. The molecule has 1 saturated heterocycles. The molecule has 5 heteroatoms. The summed E-state index contributed by atoms with van der Waals surface area (Å²) < 4.78 is 11.5. The minimum absolute atomic E-state index is 0.287. The van der Waals surface area contributed by atoms with E-state index in [2.05, 4.69) is 28.4 Å². The molecule has 120 valence electrons. The summed E-state index contributed by atoms with van der Waals surface area (Å²) in [7, 11) is 0. The zero-order chi connectivity index (χ0) is 15.8. The number of hydroxylamine groups is 1. The minimum Gasteiger partial charge on any atom is -0.348 e. The lowest BCUT2D eigenvalue weighted by atomic mass is 9.81. The first-order valence-corrected chi connectivity index (χ1v) is 8.08. The van der Waals surface area contributed by atoms with Crippen LogP contribution in [0.2, 0.25) is 0 Å². The fourth-order valence-corrected chi connectivity index (χ4v) is 3.37. The summed E-state index contributed by atoms with van der Waals surface area (Å²) in [5.41, 5.74) is 5.21. The molecule has 0 radical (unpaired) electrons. The fourth-order valence-electron chi connectivity index (χ4n) is 3.37. The number of pyridine rings is 1. The molecule has 2 fully saturated rings. The van der Waals surface area contributed by atoms with E-state index in [0.29, 0.717) is 13.2 Å². The molecule has 2 aliphatic heterocycles. The van der Waals surface area contributed by atoms with Crippen molar-refractivity contribution >= 4 is 0 Å². The molecule has 0 aromatic carbocycles. The normalized spacial score (nSPS) is 24.1. The van der Waals surface area contributed by atoms with Gasteiger partial charge in [-0.1, -0.05) is 6.07 Å². The third-order valence-corrected chi connectivity index (χ3v) is 4.66. The number of ether oxygens (including phenoxy) is 2. The Morgan fingerprint density at radius 1 is 1.09 bits per heavy atom. The smallest absolute Gasteiger partial charge is 0.168 e. The van der Waals surface area contributed by atoms with Crippen LogP contribution in [-0.2, 0) is 14.3 Å². The molecule has 3 heterocycles. The van der Waals surface area contributed by atoms with E-state index >= 15 is 0 Å². The predicted octanol–water partition coefficient (Wildman–Crippen LogP) is 2.22. The van der Waals surface area contributed by atoms with Gasteiger partial charge in [-0.3, -0.25) is 10.3 Å². The van der Waals surface area contributed by atoms with Gasteiger partial charge in [0.2, 0.25) is 0 Å². The molecular formula is C18H20N2O3. The highest BCUT2D eigenvalue weighted by Gasteiger charge is 2.48. The van der Waals surface area contributed by atoms with Gasteiger partial charge in [0.25, 0.3) is 0 Å². The number of aryl methyl sites for hydroxylation is 1. The molecule has 1 N–H and O–H groups in total. The highest BCUT2D eigenvalue weighted by Crippen LogP contribution is 2.43. The van der Waals surface area contributed by atoms with Crippen molar-refractivity contribution < 1.29 is 14.3 Å². The second-order valence-electron chi connectivity index (χ2n) is 6.35. The molecule has 0 atom stereocenters. The summed E-state index contributed by atoms with van der Waals surface area (Å²) in [6.45, 7) is 3.35. The van der Waals surface area contributed by atoms with Crippen molar-refractivity contribution in [2.24, 2.45) is 0 Å². The largest absolute Gasteiger partial charge is 0.348 e. The van der Waals surface area contributed by atoms with E-state index in [-0.39, 0.29) is 11.4 Å². The van der Waals surface area contributed by atoms with E-state index < -0.39 is 0 Å². The summed E-state index contributed by atoms with van der Waals surface area (Å²) in [6.07, 6.45) is 5.54. The zero-order valence-corrected chi connectivity index (χ0v) is 13.2. The van der Waals surface area contributed by atoms with E-state index in [0.717, 1.165) is 42.8 Å². The lowest BCUT2D eigenvalue weighted by Crippen LogP contribution is -2.43. The van der Waals surface area contributed by atoms with Crippen LogP contribution in [0.4, 0.5) is 0 Å². The molecule has 1 aliphatic carbocycles. The third kappa shape index (κ3) is 2.98. The van der Waals surface area contributed by atoms with Crippen LogP contribution >= 0.6 is 0 Å². The Labute approximate surface area is 136 Å². The lowest BCUT2D eigenvalue weighted by molar-refractivity contribution is -0.205. The molecule has 0 unspecified atom stereocenters. The van der Waals surface area contributed by atoms with Gasteiger partial charge in [-0.2, -0.15) is 0 Å². The van der Waals surface area contributed by atoms with Crippen LogP contribution < -0.4 is 5.48 Å². The van der Waals surface area contributed by atoms with E-state index in [1.165, 1.54) is 0 Å². The lowest BCUT2D eigenvalue weighted by Gasteiger charge is -2.39. The zero-order valence-electron chi connectivity index (χ0n) is 13.2. The quantitative estimate of drug-likeness (QED) is 0.745. The van der Waals surface area contributed by atoms with Gasteiger partial charge in [0.15, 0.2) is 5.79 Å².